The van der Waals surface area contributed by atoms with Crippen LogP contribution in [0.3, 0.4) is 0 Å². The van der Waals surface area contributed by atoms with Crippen LogP contribution < -0.4 is 14.8 Å². The van der Waals surface area contributed by atoms with E-state index in [0.717, 1.165) is 20.8 Å². The zero-order chi connectivity index (χ0) is 15.4. The third-order valence-corrected chi connectivity index (χ3v) is 4.73. The molecule has 0 spiro atoms. The molecule has 0 aliphatic heterocycles. The highest BCUT2D eigenvalue weighted by molar-refractivity contribution is 8.01. The van der Waals surface area contributed by atoms with Gasteiger partial charge in [-0.3, -0.25) is 5.10 Å². The lowest BCUT2D eigenvalue weighted by molar-refractivity contribution is 0.395. The van der Waals surface area contributed by atoms with Gasteiger partial charge < -0.3 is 14.8 Å². The van der Waals surface area contributed by atoms with Gasteiger partial charge in [0.15, 0.2) is 5.16 Å². The van der Waals surface area contributed by atoms with Gasteiger partial charge in [0.1, 0.15) is 11.5 Å². The van der Waals surface area contributed by atoms with Crippen molar-refractivity contribution in [1.29, 1.82) is 0 Å². The van der Waals surface area contributed by atoms with Crippen molar-refractivity contribution in [1.82, 2.24) is 15.2 Å². The van der Waals surface area contributed by atoms with Crippen LogP contribution in [-0.4, -0.2) is 29.4 Å². The predicted octanol–water partition coefficient (Wildman–Crippen LogP) is 3.78. The van der Waals surface area contributed by atoms with E-state index in [-0.39, 0.29) is 0 Å². The zero-order valence-corrected chi connectivity index (χ0v) is 13.6. The van der Waals surface area contributed by atoms with Gasteiger partial charge in [0, 0.05) is 6.07 Å². The number of nitrogens with zero attached hydrogens (tertiary/aromatic N) is 2. The Labute approximate surface area is 135 Å². The summed E-state index contributed by atoms with van der Waals surface area (Å²) in [5.74, 6) is 1.88. The fraction of sp³-hybridized carbons (Fsp3) is 0.143. The molecule has 0 unspecified atom stereocenters. The fourth-order valence-electron chi connectivity index (χ4n) is 1.79. The third-order valence-electron chi connectivity index (χ3n) is 2.81. The quantitative estimate of drug-likeness (QED) is 0.715. The molecule has 0 amide bonds. The molecule has 0 bridgehead atoms. The molecule has 0 saturated heterocycles. The van der Waals surface area contributed by atoms with E-state index in [9.17, 15) is 0 Å². The average molecular weight is 334 g/mol. The maximum atomic E-state index is 5.34. The second kappa shape index (κ2) is 6.71. The van der Waals surface area contributed by atoms with Crippen LogP contribution >= 0.6 is 23.1 Å². The first-order chi connectivity index (χ1) is 10.8. The number of benzene rings is 1. The lowest BCUT2D eigenvalue weighted by Gasteiger charge is -2.10. The van der Waals surface area contributed by atoms with Gasteiger partial charge in [0.2, 0.25) is 5.95 Å². The monoisotopic (exact) mass is 334 g/mol. The van der Waals surface area contributed by atoms with Gasteiger partial charge in [-0.15, -0.1) is 16.4 Å². The smallest absolute Gasteiger partial charge is 0.247 e. The van der Waals surface area contributed by atoms with Gasteiger partial charge in [-0.2, -0.15) is 4.98 Å². The highest BCUT2D eigenvalue weighted by atomic mass is 32.2. The molecule has 3 aromatic rings. The van der Waals surface area contributed by atoms with E-state index >= 15 is 0 Å². The summed E-state index contributed by atoms with van der Waals surface area (Å²) in [6.07, 6.45) is 0. The molecule has 2 heterocycles. The lowest BCUT2D eigenvalue weighted by Crippen LogP contribution is -1.97. The number of hydrogen-bond donors (Lipinski definition) is 2. The second-order valence-electron chi connectivity index (χ2n) is 4.19. The van der Waals surface area contributed by atoms with Gasteiger partial charge in [0.25, 0.3) is 0 Å². The van der Waals surface area contributed by atoms with E-state index in [2.05, 4.69) is 20.5 Å². The number of ether oxygens (including phenoxy) is 2. The van der Waals surface area contributed by atoms with Crippen LogP contribution in [0.1, 0.15) is 0 Å². The molecule has 0 saturated carbocycles. The summed E-state index contributed by atoms with van der Waals surface area (Å²) < 4.78 is 11.7. The SMILES string of the molecule is COc1ccc(Nc2n[nH]c(Sc3cccs3)n2)c(OC)c1. The van der Waals surface area contributed by atoms with E-state index < -0.39 is 0 Å². The maximum absolute atomic E-state index is 5.34. The number of methoxy groups -OCH3 is 2. The number of anilines is 2. The Morgan fingerprint density at radius 2 is 2.14 bits per heavy atom. The Bertz CT molecular complexity index is 743. The number of rotatable bonds is 6. The molecular weight excluding hydrogens is 320 g/mol. The van der Waals surface area contributed by atoms with Crippen molar-refractivity contribution in [2.45, 2.75) is 9.37 Å². The van der Waals surface area contributed by atoms with E-state index in [1.807, 2.05) is 29.6 Å². The minimum Gasteiger partial charge on any atom is -0.497 e. The molecule has 114 valence electrons. The topological polar surface area (TPSA) is 72.1 Å². The molecule has 2 aromatic heterocycles. The Kier molecular flexibility index (Phi) is 4.50. The summed E-state index contributed by atoms with van der Waals surface area (Å²) in [7, 11) is 3.22. The van der Waals surface area contributed by atoms with Crippen molar-refractivity contribution in [2.75, 3.05) is 19.5 Å². The van der Waals surface area contributed by atoms with Crippen LogP contribution in [-0.2, 0) is 0 Å². The molecule has 22 heavy (non-hydrogen) atoms. The first-order valence-electron chi connectivity index (χ1n) is 6.41. The summed E-state index contributed by atoms with van der Waals surface area (Å²) in [6.45, 7) is 0. The Balaban J connectivity index is 1.74. The van der Waals surface area contributed by atoms with Crippen LogP contribution in [0, 0.1) is 0 Å². The molecule has 0 atom stereocenters. The van der Waals surface area contributed by atoms with Crippen LogP contribution in [0.4, 0.5) is 11.6 Å². The molecule has 0 aliphatic rings. The van der Waals surface area contributed by atoms with Gasteiger partial charge >= 0.3 is 0 Å². The van der Waals surface area contributed by atoms with Crippen LogP contribution in [0.25, 0.3) is 0 Å². The van der Waals surface area contributed by atoms with Gasteiger partial charge in [0.05, 0.1) is 24.1 Å². The highest BCUT2D eigenvalue weighted by Gasteiger charge is 2.09. The molecule has 0 radical (unpaired) electrons. The van der Waals surface area contributed by atoms with Gasteiger partial charge in [-0.05, 0) is 35.3 Å². The molecule has 0 fully saturated rings. The van der Waals surface area contributed by atoms with Crippen LogP contribution in [0.15, 0.2) is 45.1 Å². The Morgan fingerprint density at radius 1 is 1.23 bits per heavy atom. The largest absolute Gasteiger partial charge is 0.497 e. The highest BCUT2D eigenvalue weighted by Crippen LogP contribution is 2.32. The zero-order valence-electron chi connectivity index (χ0n) is 12.0. The average Bonchev–Trinajstić information content (AvgIpc) is 3.20. The molecule has 6 nitrogen and oxygen atoms in total. The van der Waals surface area contributed by atoms with Crippen molar-refractivity contribution >= 4 is 34.7 Å². The van der Waals surface area contributed by atoms with Crippen LogP contribution in [0.5, 0.6) is 11.5 Å². The minimum atomic E-state index is 0.488. The van der Waals surface area contributed by atoms with Crippen molar-refractivity contribution in [2.24, 2.45) is 0 Å². The third kappa shape index (κ3) is 3.34. The maximum Gasteiger partial charge on any atom is 0.247 e. The van der Waals surface area contributed by atoms with Crippen molar-refractivity contribution < 1.29 is 9.47 Å². The second-order valence-corrected chi connectivity index (χ2v) is 6.43. The number of thiophene rings is 1. The number of hydrogen-bond acceptors (Lipinski definition) is 7. The van der Waals surface area contributed by atoms with E-state index in [0.29, 0.717) is 11.7 Å². The lowest BCUT2D eigenvalue weighted by atomic mass is 10.2. The standard InChI is InChI=1S/C14H14N4O2S2/c1-19-9-5-6-10(11(8-9)20-2)15-13-16-14(18-17-13)22-12-4-3-7-21-12/h3-8H,1-2H3,(H2,15,16,17,18). The summed E-state index contributed by atoms with van der Waals surface area (Å²) >= 11 is 3.20. The normalized spacial score (nSPS) is 10.5. The van der Waals surface area contributed by atoms with Crippen molar-refractivity contribution in [3.63, 3.8) is 0 Å². The Morgan fingerprint density at radius 3 is 2.86 bits per heavy atom. The molecule has 0 aliphatic carbocycles. The summed E-state index contributed by atoms with van der Waals surface area (Å²) in [5, 5.41) is 13.0. The van der Waals surface area contributed by atoms with Crippen molar-refractivity contribution in [3.05, 3.63) is 35.7 Å². The minimum absolute atomic E-state index is 0.488. The van der Waals surface area contributed by atoms with Crippen LogP contribution in [0.2, 0.25) is 0 Å². The van der Waals surface area contributed by atoms with E-state index in [4.69, 9.17) is 9.47 Å². The fourth-order valence-corrected chi connectivity index (χ4v) is 3.39. The van der Waals surface area contributed by atoms with E-state index in [1.165, 1.54) is 11.8 Å². The number of H-pyrrole nitrogens is 1. The molecule has 2 N–H and O–H groups in total. The van der Waals surface area contributed by atoms with E-state index in [1.54, 1.807) is 31.6 Å². The Hall–Kier alpha value is -2.19. The summed E-state index contributed by atoms with van der Waals surface area (Å²) in [6, 6.07) is 9.55. The molecule has 3 rings (SSSR count). The predicted molar refractivity (Wildman–Crippen MR) is 87.7 cm³/mol. The summed E-state index contributed by atoms with van der Waals surface area (Å²) in [5.41, 5.74) is 0.773. The first kappa shape index (κ1) is 14.7. The number of aromatic nitrogens is 3. The molecule has 1 aromatic carbocycles. The number of aromatic amines is 1. The first-order valence-corrected chi connectivity index (χ1v) is 8.11. The molecular formula is C14H14N4O2S2. The van der Waals surface area contributed by atoms with Crippen molar-refractivity contribution in [3.8, 4) is 11.5 Å². The van der Waals surface area contributed by atoms with Gasteiger partial charge in [-0.1, -0.05) is 6.07 Å². The van der Waals surface area contributed by atoms with Gasteiger partial charge in [-0.25, -0.2) is 0 Å². The molecule has 8 heteroatoms. The number of nitrogens with one attached hydrogen (secondary N) is 2. The summed E-state index contributed by atoms with van der Waals surface area (Å²) in [4.78, 5) is 4.40.